The van der Waals surface area contributed by atoms with Crippen LogP contribution in [0.3, 0.4) is 0 Å². The topological polar surface area (TPSA) is 48.1 Å². The molecular weight excluding hydrogens is 248 g/mol. The van der Waals surface area contributed by atoms with Gasteiger partial charge in [0.15, 0.2) is 0 Å². The smallest absolute Gasteiger partial charge is 0.138 e. The van der Waals surface area contributed by atoms with Crippen LogP contribution in [0.1, 0.15) is 12.5 Å². The molecule has 2 aromatic carbocycles. The van der Waals surface area contributed by atoms with E-state index in [0.29, 0.717) is 5.69 Å². The lowest BCUT2D eigenvalue weighted by Crippen LogP contribution is -1.94. The van der Waals surface area contributed by atoms with E-state index >= 15 is 0 Å². The molecule has 2 N–H and O–H groups in total. The van der Waals surface area contributed by atoms with Gasteiger partial charge in [0.25, 0.3) is 0 Å². The van der Waals surface area contributed by atoms with Crippen LogP contribution in [0.4, 0.5) is 5.69 Å². The Kier molecular flexibility index (Phi) is 3.25. The molecule has 0 atom stereocenters. The minimum absolute atomic E-state index is 0.664. The second kappa shape index (κ2) is 5.21. The molecule has 3 nitrogen and oxygen atoms in total. The third-order valence-electron chi connectivity index (χ3n) is 3.34. The Morgan fingerprint density at radius 2 is 1.85 bits per heavy atom. The van der Waals surface area contributed by atoms with E-state index in [2.05, 4.69) is 18.0 Å². The molecule has 1 aromatic heterocycles. The molecule has 0 fully saturated rings. The van der Waals surface area contributed by atoms with E-state index in [1.807, 2.05) is 42.5 Å². The number of rotatable bonds is 3. The summed E-state index contributed by atoms with van der Waals surface area (Å²) in [5.74, 6) is 1.66. The molecule has 0 aliphatic rings. The van der Waals surface area contributed by atoms with Crippen LogP contribution in [0.5, 0.6) is 11.5 Å². The van der Waals surface area contributed by atoms with Gasteiger partial charge in [-0.15, -0.1) is 0 Å². The second-order valence-electron chi connectivity index (χ2n) is 4.62. The van der Waals surface area contributed by atoms with Crippen molar-refractivity contribution in [2.45, 2.75) is 13.3 Å². The first-order valence-electron chi connectivity index (χ1n) is 6.68. The van der Waals surface area contributed by atoms with Gasteiger partial charge in [-0.25, -0.2) is 0 Å². The first kappa shape index (κ1) is 12.5. The maximum atomic E-state index is 6.07. The number of benzene rings is 2. The van der Waals surface area contributed by atoms with Crippen LogP contribution in [0, 0.1) is 0 Å². The van der Waals surface area contributed by atoms with E-state index in [1.165, 1.54) is 5.56 Å². The van der Waals surface area contributed by atoms with Crippen molar-refractivity contribution in [2.24, 2.45) is 0 Å². The minimum atomic E-state index is 0.664. The third-order valence-corrected chi connectivity index (χ3v) is 3.34. The van der Waals surface area contributed by atoms with Crippen molar-refractivity contribution in [1.82, 2.24) is 4.98 Å². The van der Waals surface area contributed by atoms with E-state index < -0.39 is 0 Å². The average Bonchev–Trinajstić information content (AvgIpc) is 2.49. The number of fused-ring (bicyclic) bond motifs is 1. The lowest BCUT2D eigenvalue weighted by molar-refractivity contribution is 0.482. The quantitative estimate of drug-likeness (QED) is 0.722. The predicted octanol–water partition coefficient (Wildman–Crippen LogP) is 4.17. The maximum absolute atomic E-state index is 6.07. The summed E-state index contributed by atoms with van der Waals surface area (Å²) in [6.07, 6.45) is 2.66. The van der Waals surface area contributed by atoms with Crippen LogP contribution in [-0.4, -0.2) is 4.98 Å². The zero-order valence-electron chi connectivity index (χ0n) is 11.3. The Hall–Kier alpha value is -2.55. The number of hydrogen-bond donors (Lipinski definition) is 1. The van der Waals surface area contributed by atoms with Gasteiger partial charge >= 0.3 is 0 Å². The molecule has 3 heteroatoms. The van der Waals surface area contributed by atoms with Crippen LogP contribution in [-0.2, 0) is 6.42 Å². The lowest BCUT2D eigenvalue weighted by Gasteiger charge is -2.12. The van der Waals surface area contributed by atoms with Crippen molar-refractivity contribution >= 4 is 16.6 Å². The Morgan fingerprint density at radius 3 is 2.70 bits per heavy atom. The molecule has 3 aromatic rings. The van der Waals surface area contributed by atoms with Gasteiger partial charge in [0, 0.05) is 11.6 Å². The number of aromatic nitrogens is 1. The summed E-state index contributed by atoms with van der Waals surface area (Å²) in [6.45, 7) is 2.12. The summed E-state index contributed by atoms with van der Waals surface area (Å²) in [7, 11) is 0. The zero-order chi connectivity index (χ0) is 13.9. The Morgan fingerprint density at radius 1 is 1.00 bits per heavy atom. The minimum Gasteiger partial charge on any atom is -0.456 e. The van der Waals surface area contributed by atoms with Crippen molar-refractivity contribution in [3.05, 3.63) is 60.3 Å². The SMILES string of the molecule is CCc1ccccc1Oc1ccnc2c(N)cccc12. The standard InChI is InChI=1S/C17H16N2O/c1-2-12-6-3-4-9-15(12)20-16-10-11-19-17-13(16)7-5-8-14(17)18/h3-11H,2,18H2,1H3. The fraction of sp³-hybridized carbons (Fsp3) is 0.118. The predicted molar refractivity (Wildman–Crippen MR) is 82.0 cm³/mol. The fourth-order valence-corrected chi connectivity index (χ4v) is 2.28. The number of anilines is 1. The molecule has 0 saturated heterocycles. The van der Waals surface area contributed by atoms with Gasteiger partial charge in [-0.3, -0.25) is 4.98 Å². The van der Waals surface area contributed by atoms with E-state index in [0.717, 1.165) is 28.8 Å². The number of nitrogens with two attached hydrogens (primary N) is 1. The molecule has 0 saturated carbocycles. The number of nitrogen functional groups attached to an aromatic ring is 1. The van der Waals surface area contributed by atoms with Gasteiger partial charge in [-0.1, -0.05) is 31.2 Å². The average molecular weight is 264 g/mol. The van der Waals surface area contributed by atoms with E-state index in [9.17, 15) is 0 Å². The van der Waals surface area contributed by atoms with Crippen LogP contribution in [0.2, 0.25) is 0 Å². The summed E-state index contributed by atoms with van der Waals surface area (Å²) >= 11 is 0. The van der Waals surface area contributed by atoms with Crippen LogP contribution >= 0.6 is 0 Å². The van der Waals surface area contributed by atoms with Crippen molar-refractivity contribution in [1.29, 1.82) is 0 Å². The van der Waals surface area contributed by atoms with E-state index in [-0.39, 0.29) is 0 Å². The molecule has 1 heterocycles. The Bertz CT molecular complexity index is 753. The summed E-state index contributed by atoms with van der Waals surface area (Å²) < 4.78 is 6.07. The number of para-hydroxylation sites is 2. The molecule has 0 radical (unpaired) electrons. The van der Waals surface area contributed by atoms with Gasteiger partial charge in [0.05, 0.1) is 11.2 Å². The molecule has 20 heavy (non-hydrogen) atoms. The highest BCUT2D eigenvalue weighted by atomic mass is 16.5. The zero-order valence-corrected chi connectivity index (χ0v) is 11.3. The van der Waals surface area contributed by atoms with Gasteiger partial charge in [-0.05, 0) is 36.2 Å². The first-order valence-corrected chi connectivity index (χ1v) is 6.68. The van der Waals surface area contributed by atoms with Crippen LogP contribution in [0.15, 0.2) is 54.7 Å². The molecule has 100 valence electrons. The molecule has 0 bridgehead atoms. The molecule has 0 spiro atoms. The lowest BCUT2D eigenvalue weighted by atomic mass is 10.1. The first-order chi connectivity index (χ1) is 9.79. The number of hydrogen-bond acceptors (Lipinski definition) is 3. The van der Waals surface area contributed by atoms with E-state index in [1.54, 1.807) is 6.20 Å². The molecule has 0 aliphatic carbocycles. The highest BCUT2D eigenvalue weighted by Gasteiger charge is 2.08. The summed E-state index contributed by atoms with van der Waals surface area (Å²) in [6, 6.07) is 15.7. The number of nitrogens with zero attached hydrogens (tertiary/aromatic N) is 1. The molecule has 3 rings (SSSR count). The number of aryl methyl sites for hydroxylation is 1. The summed E-state index contributed by atoms with van der Waals surface area (Å²) in [5.41, 5.74) is 8.58. The van der Waals surface area contributed by atoms with Gasteiger partial charge in [-0.2, -0.15) is 0 Å². The van der Waals surface area contributed by atoms with Crippen molar-refractivity contribution in [3.8, 4) is 11.5 Å². The van der Waals surface area contributed by atoms with Crippen molar-refractivity contribution in [2.75, 3.05) is 5.73 Å². The molecule has 0 amide bonds. The monoisotopic (exact) mass is 264 g/mol. The molecule has 0 aliphatic heterocycles. The highest BCUT2D eigenvalue weighted by Crippen LogP contribution is 2.32. The van der Waals surface area contributed by atoms with E-state index in [4.69, 9.17) is 10.5 Å². The van der Waals surface area contributed by atoms with Crippen molar-refractivity contribution in [3.63, 3.8) is 0 Å². The van der Waals surface area contributed by atoms with Crippen LogP contribution in [0.25, 0.3) is 10.9 Å². The van der Waals surface area contributed by atoms with Crippen molar-refractivity contribution < 1.29 is 4.74 Å². The maximum Gasteiger partial charge on any atom is 0.138 e. The third kappa shape index (κ3) is 2.18. The second-order valence-corrected chi connectivity index (χ2v) is 4.62. The summed E-state index contributed by atoms with van der Waals surface area (Å²) in [4.78, 5) is 4.32. The van der Waals surface area contributed by atoms with Crippen LogP contribution < -0.4 is 10.5 Å². The summed E-state index contributed by atoms with van der Waals surface area (Å²) in [5, 5.41) is 0.929. The number of pyridine rings is 1. The molecule has 0 unspecified atom stereocenters. The fourth-order valence-electron chi connectivity index (χ4n) is 2.28. The highest BCUT2D eigenvalue weighted by molar-refractivity contribution is 5.93. The Balaban J connectivity index is 2.09. The van der Waals surface area contributed by atoms with Gasteiger partial charge in [0.1, 0.15) is 11.5 Å². The van der Waals surface area contributed by atoms with Gasteiger partial charge < -0.3 is 10.5 Å². The Labute approximate surface area is 118 Å². The largest absolute Gasteiger partial charge is 0.456 e. The number of ether oxygens (including phenoxy) is 1. The van der Waals surface area contributed by atoms with Gasteiger partial charge in [0.2, 0.25) is 0 Å². The normalized spacial score (nSPS) is 10.7. The molecular formula is C17H16N2O.